The number of rotatable bonds is 2. The lowest BCUT2D eigenvalue weighted by Crippen LogP contribution is -2.00. The zero-order chi connectivity index (χ0) is 13.3. The summed E-state index contributed by atoms with van der Waals surface area (Å²) in [5.41, 5.74) is -0.821. The zero-order valence-electron chi connectivity index (χ0n) is 9.31. The average Bonchev–Trinajstić information content (AvgIpc) is 2.37. The number of halogens is 4. The minimum Gasteiger partial charge on any atom is -0.496 e. The predicted molar refractivity (Wildman–Crippen MR) is 58.3 cm³/mol. The van der Waals surface area contributed by atoms with Gasteiger partial charge >= 0.3 is 0 Å². The van der Waals surface area contributed by atoms with E-state index in [4.69, 9.17) is 4.74 Å². The highest BCUT2D eigenvalue weighted by Crippen LogP contribution is 2.35. The molecule has 0 heterocycles. The molecule has 18 heavy (non-hydrogen) atoms. The molecule has 0 radical (unpaired) electrons. The maximum absolute atomic E-state index is 13.6. The Kier molecular flexibility index (Phi) is 3.23. The lowest BCUT2D eigenvalue weighted by Gasteiger charge is -2.11. The second-order valence-corrected chi connectivity index (χ2v) is 3.54. The van der Waals surface area contributed by atoms with Crippen molar-refractivity contribution in [3.8, 4) is 16.9 Å². The van der Waals surface area contributed by atoms with Gasteiger partial charge in [0.15, 0.2) is 23.3 Å². The van der Waals surface area contributed by atoms with Crippen LogP contribution in [0.25, 0.3) is 11.1 Å². The van der Waals surface area contributed by atoms with Gasteiger partial charge in [0, 0.05) is 11.6 Å². The van der Waals surface area contributed by atoms with Gasteiger partial charge in [-0.05, 0) is 6.07 Å². The molecule has 1 nitrogen and oxygen atoms in total. The first kappa shape index (κ1) is 12.4. The molecule has 5 heteroatoms. The average molecular weight is 256 g/mol. The largest absolute Gasteiger partial charge is 0.496 e. The summed E-state index contributed by atoms with van der Waals surface area (Å²) in [7, 11) is 1.30. The minimum absolute atomic E-state index is 0.0478. The summed E-state index contributed by atoms with van der Waals surface area (Å²) in [5, 5.41) is 0. The molecule has 0 saturated carbocycles. The van der Waals surface area contributed by atoms with Crippen LogP contribution >= 0.6 is 0 Å². The van der Waals surface area contributed by atoms with Crippen LogP contribution in [0.2, 0.25) is 0 Å². The highest BCUT2D eigenvalue weighted by Gasteiger charge is 2.22. The van der Waals surface area contributed by atoms with Crippen LogP contribution in [0.3, 0.4) is 0 Å². The van der Waals surface area contributed by atoms with Crippen LogP contribution in [0.4, 0.5) is 17.6 Å². The van der Waals surface area contributed by atoms with Crippen molar-refractivity contribution in [2.75, 3.05) is 7.11 Å². The Morgan fingerprint density at radius 1 is 0.889 bits per heavy atom. The molecule has 2 aromatic carbocycles. The number of ether oxygens (including phenoxy) is 1. The third kappa shape index (κ3) is 1.92. The molecule has 0 bridgehead atoms. The molecular weight excluding hydrogens is 248 g/mol. The zero-order valence-corrected chi connectivity index (χ0v) is 9.31. The number of hydrogen-bond acceptors (Lipinski definition) is 1. The predicted octanol–water partition coefficient (Wildman–Crippen LogP) is 3.92. The van der Waals surface area contributed by atoms with E-state index in [0.717, 1.165) is 0 Å². The van der Waals surface area contributed by atoms with Gasteiger partial charge in [-0.3, -0.25) is 0 Å². The number of benzene rings is 2. The van der Waals surface area contributed by atoms with Gasteiger partial charge in [-0.1, -0.05) is 18.2 Å². The summed E-state index contributed by atoms with van der Waals surface area (Å²) in [6.07, 6.45) is 0. The Balaban J connectivity index is 2.78. The van der Waals surface area contributed by atoms with Crippen LogP contribution < -0.4 is 4.74 Å². The van der Waals surface area contributed by atoms with Gasteiger partial charge in [-0.25, -0.2) is 17.6 Å². The van der Waals surface area contributed by atoms with E-state index in [1.165, 1.54) is 25.3 Å². The Labute approximate surface area is 101 Å². The molecule has 0 fully saturated rings. The van der Waals surface area contributed by atoms with Crippen molar-refractivity contribution in [1.82, 2.24) is 0 Å². The molecule has 0 saturated heterocycles. The maximum Gasteiger partial charge on any atom is 0.169 e. The maximum atomic E-state index is 13.6. The fourth-order valence-corrected chi connectivity index (χ4v) is 1.66. The van der Waals surface area contributed by atoms with Gasteiger partial charge in [0.25, 0.3) is 0 Å². The Hall–Kier alpha value is -2.04. The number of hydrogen-bond donors (Lipinski definition) is 0. The van der Waals surface area contributed by atoms with Crippen molar-refractivity contribution >= 4 is 0 Å². The summed E-state index contributed by atoms with van der Waals surface area (Å²) in [5.74, 6) is -5.67. The first-order chi connectivity index (χ1) is 8.56. The summed E-state index contributed by atoms with van der Waals surface area (Å²) in [6.45, 7) is 0. The van der Waals surface area contributed by atoms with E-state index in [-0.39, 0.29) is 17.4 Å². The van der Waals surface area contributed by atoms with Crippen LogP contribution in [-0.2, 0) is 0 Å². The Morgan fingerprint density at radius 2 is 1.44 bits per heavy atom. The molecule has 0 aliphatic rings. The lowest BCUT2D eigenvalue weighted by molar-refractivity contribution is 0.414. The first-order valence-corrected chi connectivity index (χ1v) is 5.02. The van der Waals surface area contributed by atoms with Crippen LogP contribution in [0.1, 0.15) is 0 Å². The monoisotopic (exact) mass is 256 g/mol. The smallest absolute Gasteiger partial charge is 0.169 e. The highest BCUT2D eigenvalue weighted by atomic mass is 19.2. The van der Waals surface area contributed by atoms with Crippen LogP contribution in [0, 0.1) is 23.3 Å². The molecule has 0 aliphatic heterocycles. The topological polar surface area (TPSA) is 9.23 Å². The van der Waals surface area contributed by atoms with Crippen molar-refractivity contribution in [3.63, 3.8) is 0 Å². The standard InChI is InChI=1S/C13H8F4O/c1-18-10-5-3-2-4-7(10)11-12(16)8(14)6-9(15)13(11)17/h2-6H,1H3. The van der Waals surface area contributed by atoms with Gasteiger partial charge in [-0.15, -0.1) is 0 Å². The van der Waals surface area contributed by atoms with E-state index in [1.807, 2.05) is 0 Å². The molecule has 0 amide bonds. The van der Waals surface area contributed by atoms with Crippen LogP contribution in [-0.4, -0.2) is 7.11 Å². The van der Waals surface area contributed by atoms with Crippen molar-refractivity contribution in [1.29, 1.82) is 0 Å². The van der Waals surface area contributed by atoms with E-state index in [2.05, 4.69) is 0 Å². The SMILES string of the molecule is COc1ccccc1-c1c(F)c(F)cc(F)c1F. The number of para-hydroxylation sites is 1. The molecule has 0 N–H and O–H groups in total. The molecule has 2 rings (SSSR count). The molecular formula is C13H8F4O. The van der Waals surface area contributed by atoms with E-state index < -0.39 is 28.8 Å². The van der Waals surface area contributed by atoms with Gasteiger partial charge in [0.1, 0.15) is 5.75 Å². The van der Waals surface area contributed by atoms with E-state index in [1.54, 1.807) is 6.07 Å². The number of methoxy groups -OCH3 is 1. The quantitative estimate of drug-likeness (QED) is 0.584. The second-order valence-electron chi connectivity index (χ2n) is 3.54. The molecule has 0 unspecified atom stereocenters. The molecule has 0 aliphatic carbocycles. The molecule has 0 atom stereocenters. The summed E-state index contributed by atoms with van der Waals surface area (Å²) >= 11 is 0. The van der Waals surface area contributed by atoms with Crippen molar-refractivity contribution < 1.29 is 22.3 Å². The van der Waals surface area contributed by atoms with Crippen molar-refractivity contribution in [3.05, 3.63) is 53.6 Å². The van der Waals surface area contributed by atoms with Gasteiger partial charge < -0.3 is 4.74 Å². The summed E-state index contributed by atoms with van der Waals surface area (Å²) < 4.78 is 58.4. The summed E-state index contributed by atoms with van der Waals surface area (Å²) in [6, 6.07) is 5.99. The van der Waals surface area contributed by atoms with Gasteiger partial charge in [0.2, 0.25) is 0 Å². The van der Waals surface area contributed by atoms with E-state index in [0.29, 0.717) is 0 Å². The second kappa shape index (κ2) is 4.68. The van der Waals surface area contributed by atoms with Crippen molar-refractivity contribution in [2.45, 2.75) is 0 Å². The van der Waals surface area contributed by atoms with Crippen LogP contribution in [0.5, 0.6) is 5.75 Å². The van der Waals surface area contributed by atoms with Gasteiger partial charge in [-0.2, -0.15) is 0 Å². The fourth-order valence-electron chi connectivity index (χ4n) is 1.66. The Bertz CT molecular complexity index is 570. The van der Waals surface area contributed by atoms with Gasteiger partial charge in [0.05, 0.1) is 12.7 Å². The van der Waals surface area contributed by atoms with E-state index in [9.17, 15) is 17.6 Å². The molecule has 0 aromatic heterocycles. The minimum atomic E-state index is -1.45. The normalized spacial score (nSPS) is 10.5. The van der Waals surface area contributed by atoms with E-state index >= 15 is 0 Å². The fraction of sp³-hybridized carbons (Fsp3) is 0.0769. The highest BCUT2D eigenvalue weighted by molar-refractivity contribution is 5.71. The third-order valence-electron chi connectivity index (χ3n) is 2.49. The van der Waals surface area contributed by atoms with Crippen LogP contribution in [0.15, 0.2) is 30.3 Å². The summed E-state index contributed by atoms with van der Waals surface area (Å²) in [4.78, 5) is 0. The lowest BCUT2D eigenvalue weighted by atomic mass is 10.0. The van der Waals surface area contributed by atoms with Crippen molar-refractivity contribution in [2.24, 2.45) is 0 Å². The molecule has 0 spiro atoms. The molecule has 2 aromatic rings. The first-order valence-electron chi connectivity index (χ1n) is 5.02. The third-order valence-corrected chi connectivity index (χ3v) is 2.49. The molecule has 94 valence electrons. The Morgan fingerprint density at radius 3 is 2.00 bits per heavy atom.